The molecule has 0 fully saturated rings. The van der Waals surface area contributed by atoms with Crippen LogP contribution in [0.4, 0.5) is 17.1 Å². The van der Waals surface area contributed by atoms with Crippen LogP contribution >= 0.6 is 0 Å². The molecule has 0 radical (unpaired) electrons. The Balaban J connectivity index is 2.11. The summed E-state index contributed by atoms with van der Waals surface area (Å²) in [4.78, 5) is 14.2. The number of rotatable bonds is 4. The Hall–Kier alpha value is -2.64. The van der Waals surface area contributed by atoms with Crippen LogP contribution in [0.25, 0.3) is 0 Å². The van der Waals surface area contributed by atoms with Crippen LogP contribution in [0.5, 0.6) is 0 Å². The second-order valence-electron chi connectivity index (χ2n) is 3.76. The highest BCUT2D eigenvalue weighted by molar-refractivity contribution is 5.61. The minimum atomic E-state index is -0.486. The summed E-state index contributed by atoms with van der Waals surface area (Å²) in [7, 11) is 1.77. The summed E-state index contributed by atoms with van der Waals surface area (Å²) in [6.45, 7) is 0.376. The minimum absolute atomic E-state index is 0.0496. The molecule has 0 spiro atoms. The van der Waals surface area contributed by atoms with Gasteiger partial charge in [-0.25, -0.2) is 4.98 Å². The molecule has 94 valence electrons. The number of aromatic nitrogens is 3. The maximum absolute atomic E-state index is 10.7. The summed E-state index contributed by atoms with van der Waals surface area (Å²) >= 11 is 0. The summed E-state index contributed by atoms with van der Waals surface area (Å²) in [5.74, 6) is 0.600. The fourth-order valence-electron chi connectivity index (χ4n) is 1.49. The smallest absolute Gasteiger partial charge is 0.273 e. The van der Waals surface area contributed by atoms with Gasteiger partial charge >= 0.3 is 0 Å². The summed E-state index contributed by atoms with van der Waals surface area (Å²) in [6.07, 6.45) is 1.58. The van der Waals surface area contributed by atoms with Crippen LogP contribution < -0.4 is 11.1 Å². The molecule has 0 atom stereocenters. The van der Waals surface area contributed by atoms with E-state index in [0.717, 1.165) is 0 Å². The quantitative estimate of drug-likeness (QED) is 0.472. The standard InChI is InChI=1S/C10H12N6O2/c1-15-6-13-10(14-15)5-12-8-2-7(11)3-9(4-8)16(17)18/h2-4,6,12H,5,11H2,1H3. The maximum Gasteiger partial charge on any atom is 0.273 e. The minimum Gasteiger partial charge on any atom is -0.398 e. The predicted molar refractivity (Wildman–Crippen MR) is 65.8 cm³/mol. The van der Waals surface area contributed by atoms with Gasteiger partial charge in [-0.1, -0.05) is 0 Å². The first-order valence-corrected chi connectivity index (χ1v) is 5.18. The summed E-state index contributed by atoms with van der Waals surface area (Å²) < 4.78 is 1.58. The molecule has 8 heteroatoms. The molecular formula is C10H12N6O2. The summed E-state index contributed by atoms with van der Waals surface area (Å²) in [6, 6.07) is 4.35. The SMILES string of the molecule is Cn1cnc(CNc2cc(N)cc([N+](=O)[O-])c2)n1. The monoisotopic (exact) mass is 248 g/mol. The predicted octanol–water partition coefficient (Wildman–Crippen LogP) is 0.918. The number of hydrogen-bond acceptors (Lipinski definition) is 6. The van der Waals surface area contributed by atoms with Crippen molar-refractivity contribution in [2.24, 2.45) is 7.05 Å². The number of nitrogens with two attached hydrogens (primary N) is 1. The zero-order valence-electron chi connectivity index (χ0n) is 9.70. The molecule has 1 aromatic carbocycles. The van der Waals surface area contributed by atoms with Gasteiger partial charge in [0, 0.05) is 30.6 Å². The molecule has 0 aliphatic heterocycles. The normalized spacial score (nSPS) is 10.3. The van der Waals surface area contributed by atoms with Crippen molar-refractivity contribution in [1.82, 2.24) is 14.8 Å². The average molecular weight is 248 g/mol. The molecule has 3 N–H and O–H groups in total. The Bertz CT molecular complexity index is 579. The third-order valence-electron chi connectivity index (χ3n) is 2.25. The van der Waals surface area contributed by atoms with Crippen molar-refractivity contribution in [2.75, 3.05) is 11.1 Å². The van der Waals surface area contributed by atoms with Crippen LogP contribution in [0.1, 0.15) is 5.82 Å². The molecule has 0 saturated heterocycles. The van der Waals surface area contributed by atoms with Crippen molar-refractivity contribution < 1.29 is 4.92 Å². The van der Waals surface area contributed by atoms with E-state index in [-0.39, 0.29) is 5.69 Å². The molecule has 0 saturated carbocycles. The zero-order valence-corrected chi connectivity index (χ0v) is 9.70. The van der Waals surface area contributed by atoms with Crippen molar-refractivity contribution in [2.45, 2.75) is 6.54 Å². The Morgan fingerprint density at radius 1 is 1.50 bits per heavy atom. The lowest BCUT2D eigenvalue weighted by molar-refractivity contribution is -0.384. The van der Waals surface area contributed by atoms with Gasteiger partial charge in [0.05, 0.1) is 11.5 Å². The number of anilines is 2. The lowest BCUT2D eigenvalue weighted by Gasteiger charge is -2.04. The number of aryl methyl sites for hydroxylation is 1. The number of hydrogen-bond donors (Lipinski definition) is 2. The van der Waals surface area contributed by atoms with Gasteiger partial charge in [-0.05, 0) is 6.07 Å². The van der Waals surface area contributed by atoms with E-state index in [1.54, 1.807) is 24.1 Å². The highest BCUT2D eigenvalue weighted by Gasteiger charge is 2.08. The first-order valence-electron chi connectivity index (χ1n) is 5.18. The van der Waals surface area contributed by atoms with E-state index < -0.39 is 4.92 Å². The summed E-state index contributed by atoms with van der Waals surface area (Å²) in [5, 5.41) is 17.7. The van der Waals surface area contributed by atoms with E-state index in [9.17, 15) is 10.1 Å². The number of nitrogens with zero attached hydrogens (tertiary/aromatic N) is 4. The van der Waals surface area contributed by atoms with Gasteiger partial charge < -0.3 is 11.1 Å². The fraction of sp³-hybridized carbons (Fsp3) is 0.200. The topological polar surface area (TPSA) is 112 Å². The highest BCUT2D eigenvalue weighted by Crippen LogP contribution is 2.22. The molecule has 0 bridgehead atoms. The number of nitro benzene ring substituents is 1. The van der Waals surface area contributed by atoms with E-state index in [0.29, 0.717) is 23.7 Å². The molecule has 18 heavy (non-hydrogen) atoms. The van der Waals surface area contributed by atoms with Crippen LogP contribution in [0.2, 0.25) is 0 Å². The molecule has 2 rings (SSSR count). The average Bonchev–Trinajstić information content (AvgIpc) is 2.72. The van der Waals surface area contributed by atoms with Gasteiger partial charge in [0.25, 0.3) is 5.69 Å². The number of nitrogens with one attached hydrogen (secondary N) is 1. The summed E-state index contributed by atoms with van der Waals surface area (Å²) in [5.41, 5.74) is 6.44. The van der Waals surface area contributed by atoms with E-state index in [4.69, 9.17) is 5.73 Å². The molecule has 0 aliphatic carbocycles. The second-order valence-corrected chi connectivity index (χ2v) is 3.76. The fourth-order valence-corrected chi connectivity index (χ4v) is 1.49. The maximum atomic E-state index is 10.7. The number of non-ortho nitro benzene ring substituents is 1. The van der Waals surface area contributed by atoms with Gasteiger partial charge in [0.2, 0.25) is 0 Å². The largest absolute Gasteiger partial charge is 0.398 e. The Labute approximate surface area is 103 Å². The van der Waals surface area contributed by atoms with Gasteiger partial charge in [-0.2, -0.15) is 5.10 Å². The highest BCUT2D eigenvalue weighted by atomic mass is 16.6. The Morgan fingerprint density at radius 3 is 2.89 bits per heavy atom. The molecule has 1 heterocycles. The number of nitro groups is 1. The van der Waals surface area contributed by atoms with Crippen LogP contribution in [-0.2, 0) is 13.6 Å². The zero-order chi connectivity index (χ0) is 13.1. The third-order valence-corrected chi connectivity index (χ3v) is 2.25. The van der Waals surface area contributed by atoms with Crippen LogP contribution in [0, 0.1) is 10.1 Å². The molecule has 2 aromatic rings. The first-order chi connectivity index (χ1) is 8.54. The van der Waals surface area contributed by atoms with Crippen LogP contribution in [-0.4, -0.2) is 19.7 Å². The Kier molecular flexibility index (Phi) is 3.09. The lowest BCUT2D eigenvalue weighted by Crippen LogP contribution is -2.03. The van der Waals surface area contributed by atoms with E-state index in [1.807, 2.05) is 0 Å². The number of nitrogen functional groups attached to an aromatic ring is 1. The van der Waals surface area contributed by atoms with Crippen LogP contribution in [0.15, 0.2) is 24.5 Å². The molecule has 0 aliphatic rings. The van der Waals surface area contributed by atoms with Crippen molar-refractivity contribution in [3.05, 3.63) is 40.5 Å². The van der Waals surface area contributed by atoms with Gasteiger partial charge in [0.15, 0.2) is 5.82 Å². The molecular weight excluding hydrogens is 236 g/mol. The molecule has 8 nitrogen and oxygen atoms in total. The molecule has 0 unspecified atom stereocenters. The van der Waals surface area contributed by atoms with Gasteiger partial charge in [-0.15, -0.1) is 0 Å². The molecule has 0 amide bonds. The van der Waals surface area contributed by atoms with Crippen LogP contribution in [0.3, 0.4) is 0 Å². The number of benzene rings is 1. The van der Waals surface area contributed by atoms with Crippen molar-refractivity contribution >= 4 is 17.1 Å². The Morgan fingerprint density at radius 2 is 2.28 bits per heavy atom. The van der Waals surface area contributed by atoms with Gasteiger partial charge in [-0.3, -0.25) is 14.8 Å². The second kappa shape index (κ2) is 4.70. The van der Waals surface area contributed by atoms with E-state index >= 15 is 0 Å². The lowest BCUT2D eigenvalue weighted by atomic mass is 10.2. The van der Waals surface area contributed by atoms with E-state index in [2.05, 4.69) is 15.4 Å². The first kappa shape index (κ1) is 11.8. The van der Waals surface area contributed by atoms with E-state index in [1.165, 1.54) is 12.1 Å². The van der Waals surface area contributed by atoms with Crippen molar-refractivity contribution in [3.8, 4) is 0 Å². The third kappa shape index (κ3) is 2.73. The van der Waals surface area contributed by atoms with Crippen molar-refractivity contribution in [1.29, 1.82) is 0 Å². The van der Waals surface area contributed by atoms with Gasteiger partial charge in [0.1, 0.15) is 6.33 Å². The molecule has 1 aromatic heterocycles. The van der Waals surface area contributed by atoms with Crippen molar-refractivity contribution in [3.63, 3.8) is 0 Å².